The van der Waals surface area contributed by atoms with E-state index >= 15 is 0 Å². The van der Waals surface area contributed by atoms with Crippen LogP contribution in [0.1, 0.15) is 35.6 Å². The van der Waals surface area contributed by atoms with Crippen LogP contribution in [-0.4, -0.2) is 38.4 Å². The van der Waals surface area contributed by atoms with Gasteiger partial charge in [-0.1, -0.05) is 5.16 Å². The fraction of sp³-hybridized carbons (Fsp3) is 0.211. The molecule has 0 radical (unpaired) electrons. The van der Waals surface area contributed by atoms with Crippen LogP contribution in [0.15, 0.2) is 53.3 Å². The molecule has 8 nitrogen and oxygen atoms in total. The molecule has 1 atom stereocenters. The van der Waals surface area contributed by atoms with Crippen molar-refractivity contribution in [1.29, 1.82) is 0 Å². The van der Waals surface area contributed by atoms with E-state index < -0.39 is 0 Å². The molecule has 136 valence electrons. The Morgan fingerprint density at radius 3 is 2.67 bits per heavy atom. The second-order valence-corrected chi connectivity index (χ2v) is 6.26. The smallest absolute Gasteiger partial charge is 0.254 e. The third-order valence-corrected chi connectivity index (χ3v) is 4.38. The number of anilines is 1. The monoisotopic (exact) mass is 363 g/mol. The number of nitrogens with zero attached hydrogens (tertiary/aromatic N) is 4. The first kappa shape index (κ1) is 16.9. The number of aromatic nitrogens is 3. The molecular weight excluding hydrogens is 346 g/mol. The zero-order chi connectivity index (χ0) is 18.8. The third-order valence-electron chi connectivity index (χ3n) is 4.38. The minimum absolute atomic E-state index is 0.109. The van der Waals surface area contributed by atoms with Crippen LogP contribution in [0.2, 0.25) is 0 Å². The molecule has 1 aromatic carbocycles. The Hall–Kier alpha value is -3.55. The van der Waals surface area contributed by atoms with Crippen LogP contribution in [-0.2, 0) is 4.79 Å². The zero-order valence-electron chi connectivity index (χ0n) is 14.6. The molecule has 27 heavy (non-hydrogen) atoms. The summed E-state index contributed by atoms with van der Waals surface area (Å²) in [6.45, 7) is 2.06. The third kappa shape index (κ3) is 3.41. The summed E-state index contributed by atoms with van der Waals surface area (Å²) in [5.74, 6) is 0.611. The average Bonchev–Trinajstić information content (AvgIpc) is 3.11. The number of hydrogen-bond donors (Lipinski definition) is 1. The van der Waals surface area contributed by atoms with Crippen LogP contribution in [0.3, 0.4) is 0 Å². The summed E-state index contributed by atoms with van der Waals surface area (Å²) < 4.78 is 5.37. The van der Waals surface area contributed by atoms with Gasteiger partial charge in [-0.2, -0.15) is 4.98 Å². The Kier molecular flexibility index (Phi) is 4.37. The molecule has 0 aliphatic carbocycles. The first-order chi connectivity index (χ1) is 13.1. The number of nitrogens with one attached hydrogen (secondary N) is 1. The highest BCUT2D eigenvalue weighted by molar-refractivity contribution is 5.96. The van der Waals surface area contributed by atoms with Gasteiger partial charge in [0.2, 0.25) is 17.6 Å². The largest absolute Gasteiger partial charge is 0.337 e. The molecule has 1 aliphatic heterocycles. The van der Waals surface area contributed by atoms with Crippen molar-refractivity contribution in [2.75, 3.05) is 11.9 Å². The lowest BCUT2D eigenvalue weighted by molar-refractivity contribution is -0.114. The van der Waals surface area contributed by atoms with Crippen molar-refractivity contribution in [1.82, 2.24) is 20.0 Å². The van der Waals surface area contributed by atoms with Gasteiger partial charge in [0.15, 0.2) is 0 Å². The number of carbonyl (C=O) groups excluding carboxylic acids is 2. The molecule has 0 saturated carbocycles. The Morgan fingerprint density at radius 2 is 2.04 bits per heavy atom. The van der Waals surface area contributed by atoms with Gasteiger partial charge in [0.25, 0.3) is 5.91 Å². The van der Waals surface area contributed by atoms with Crippen molar-refractivity contribution in [3.8, 4) is 11.4 Å². The van der Waals surface area contributed by atoms with Crippen molar-refractivity contribution in [2.45, 2.75) is 19.4 Å². The van der Waals surface area contributed by atoms with Gasteiger partial charge >= 0.3 is 0 Å². The number of rotatable bonds is 4. The highest BCUT2D eigenvalue weighted by atomic mass is 16.5. The first-order valence-corrected chi connectivity index (χ1v) is 8.54. The van der Waals surface area contributed by atoms with Crippen LogP contribution < -0.4 is 5.32 Å². The highest BCUT2D eigenvalue weighted by Gasteiger charge is 2.37. The van der Waals surface area contributed by atoms with Crippen molar-refractivity contribution < 1.29 is 14.1 Å². The summed E-state index contributed by atoms with van der Waals surface area (Å²) in [5.41, 5.74) is 1.95. The number of carbonyl (C=O) groups is 2. The molecule has 2 aromatic heterocycles. The van der Waals surface area contributed by atoms with E-state index in [9.17, 15) is 9.59 Å². The second kappa shape index (κ2) is 6.99. The minimum atomic E-state index is -0.231. The lowest BCUT2D eigenvalue weighted by atomic mass is 10.0. The zero-order valence-corrected chi connectivity index (χ0v) is 14.6. The SMILES string of the molecule is CC(=O)Nc1ccc(C(=O)N2CC[C@H]2c2nc(-c3cccnc3)no2)cc1. The summed E-state index contributed by atoms with van der Waals surface area (Å²) in [4.78, 5) is 34.0. The normalized spacial score (nSPS) is 15.9. The van der Waals surface area contributed by atoms with Gasteiger partial charge in [0.05, 0.1) is 0 Å². The van der Waals surface area contributed by atoms with Gasteiger partial charge in [-0.15, -0.1) is 0 Å². The van der Waals surface area contributed by atoms with E-state index in [4.69, 9.17) is 4.52 Å². The van der Waals surface area contributed by atoms with E-state index in [0.29, 0.717) is 29.5 Å². The van der Waals surface area contributed by atoms with E-state index in [1.807, 2.05) is 6.07 Å². The molecule has 3 heterocycles. The molecular formula is C19H17N5O3. The maximum absolute atomic E-state index is 12.8. The molecule has 0 unspecified atom stereocenters. The van der Waals surface area contributed by atoms with Crippen molar-refractivity contribution in [3.05, 3.63) is 60.2 Å². The van der Waals surface area contributed by atoms with Gasteiger partial charge in [-0.3, -0.25) is 14.6 Å². The van der Waals surface area contributed by atoms with Crippen molar-refractivity contribution >= 4 is 17.5 Å². The molecule has 1 aliphatic rings. The van der Waals surface area contributed by atoms with E-state index in [0.717, 1.165) is 12.0 Å². The number of hydrogen-bond acceptors (Lipinski definition) is 6. The van der Waals surface area contributed by atoms with Crippen LogP contribution in [0, 0.1) is 0 Å². The molecule has 0 bridgehead atoms. The number of likely N-dealkylation sites (tertiary alicyclic amines) is 1. The van der Waals surface area contributed by atoms with Gasteiger partial charge < -0.3 is 14.7 Å². The minimum Gasteiger partial charge on any atom is -0.337 e. The van der Waals surface area contributed by atoms with Crippen LogP contribution in [0.5, 0.6) is 0 Å². The lowest BCUT2D eigenvalue weighted by Crippen LogP contribution is -2.45. The number of pyridine rings is 1. The Bertz CT molecular complexity index is 969. The van der Waals surface area contributed by atoms with Gasteiger partial charge in [-0.25, -0.2) is 0 Å². The summed E-state index contributed by atoms with van der Waals surface area (Å²) in [5, 5.41) is 6.67. The Balaban J connectivity index is 1.48. The fourth-order valence-corrected chi connectivity index (χ4v) is 2.94. The fourth-order valence-electron chi connectivity index (χ4n) is 2.94. The van der Waals surface area contributed by atoms with Crippen LogP contribution >= 0.6 is 0 Å². The lowest BCUT2D eigenvalue weighted by Gasteiger charge is -2.38. The van der Waals surface area contributed by atoms with E-state index in [1.165, 1.54) is 6.92 Å². The second-order valence-electron chi connectivity index (χ2n) is 6.26. The number of amides is 2. The Labute approximate surface area is 155 Å². The first-order valence-electron chi connectivity index (χ1n) is 8.54. The van der Waals surface area contributed by atoms with Crippen molar-refractivity contribution in [3.63, 3.8) is 0 Å². The van der Waals surface area contributed by atoms with E-state index in [-0.39, 0.29) is 17.9 Å². The molecule has 1 fully saturated rings. The summed E-state index contributed by atoms with van der Waals surface area (Å²) in [7, 11) is 0. The molecule has 1 saturated heterocycles. The predicted octanol–water partition coefficient (Wildman–Crippen LogP) is 2.68. The maximum Gasteiger partial charge on any atom is 0.254 e. The summed E-state index contributed by atoms with van der Waals surface area (Å²) in [6, 6.07) is 10.2. The van der Waals surface area contributed by atoms with Crippen molar-refractivity contribution in [2.24, 2.45) is 0 Å². The predicted molar refractivity (Wildman–Crippen MR) is 96.7 cm³/mol. The molecule has 1 N–H and O–H groups in total. The molecule has 8 heteroatoms. The van der Waals surface area contributed by atoms with Crippen LogP contribution in [0.25, 0.3) is 11.4 Å². The van der Waals surface area contributed by atoms with Gasteiger partial charge in [0.1, 0.15) is 6.04 Å². The molecule has 0 spiro atoms. The van der Waals surface area contributed by atoms with Gasteiger partial charge in [0, 0.05) is 42.7 Å². The van der Waals surface area contributed by atoms with E-state index in [1.54, 1.807) is 47.6 Å². The standard InChI is InChI=1S/C19H17N5O3/c1-12(25)21-15-6-4-13(5-7-15)19(26)24-10-8-16(24)18-22-17(23-27-18)14-3-2-9-20-11-14/h2-7,9,11,16H,8,10H2,1H3,(H,21,25)/t16-/m0/s1. The highest BCUT2D eigenvalue weighted by Crippen LogP contribution is 2.34. The molecule has 4 rings (SSSR count). The molecule has 3 aromatic rings. The van der Waals surface area contributed by atoms with Crippen LogP contribution in [0.4, 0.5) is 5.69 Å². The average molecular weight is 363 g/mol. The summed E-state index contributed by atoms with van der Waals surface area (Å²) >= 11 is 0. The quantitative estimate of drug-likeness (QED) is 0.765. The number of benzene rings is 1. The molecule has 2 amide bonds. The maximum atomic E-state index is 12.8. The van der Waals surface area contributed by atoms with Gasteiger partial charge in [-0.05, 0) is 42.8 Å². The summed E-state index contributed by atoms with van der Waals surface area (Å²) in [6.07, 6.45) is 4.10. The Morgan fingerprint density at radius 1 is 1.22 bits per heavy atom. The topological polar surface area (TPSA) is 101 Å². The van der Waals surface area contributed by atoms with E-state index in [2.05, 4.69) is 20.4 Å².